The van der Waals surface area contributed by atoms with Crippen LogP contribution in [0.4, 0.5) is 4.79 Å². The molecule has 2 rings (SSSR count). The highest BCUT2D eigenvalue weighted by molar-refractivity contribution is 8.13. The molecule has 3 heteroatoms. The van der Waals surface area contributed by atoms with Gasteiger partial charge in [-0.15, -0.1) is 0 Å². The van der Waals surface area contributed by atoms with E-state index in [4.69, 9.17) is 0 Å². The zero-order chi connectivity index (χ0) is 12.5. The maximum atomic E-state index is 11.8. The molecule has 1 amide bonds. The van der Waals surface area contributed by atoms with Crippen molar-refractivity contribution < 1.29 is 4.79 Å². The van der Waals surface area contributed by atoms with Gasteiger partial charge in [-0.1, -0.05) is 62.9 Å². The molecule has 1 aromatic carbocycles. The first-order valence-electron chi connectivity index (χ1n) is 5.99. The van der Waals surface area contributed by atoms with E-state index in [-0.39, 0.29) is 21.9 Å². The molecule has 1 fully saturated rings. The molecule has 0 saturated carbocycles. The van der Waals surface area contributed by atoms with Crippen molar-refractivity contribution in [2.75, 3.05) is 0 Å². The van der Waals surface area contributed by atoms with Crippen LogP contribution in [-0.2, 0) is 0 Å². The van der Waals surface area contributed by atoms with E-state index in [1.807, 2.05) is 18.2 Å². The van der Waals surface area contributed by atoms with Gasteiger partial charge in [-0.2, -0.15) is 0 Å². The fraction of sp³-hybridized carbons (Fsp3) is 0.500. The first kappa shape index (κ1) is 12.5. The Morgan fingerprint density at radius 3 is 2.47 bits per heavy atom. The SMILES string of the molecule is CC(C)(C)[C@@H]1C[C@H](c2ccccc2)SC(=O)N1. The summed E-state index contributed by atoms with van der Waals surface area (Å²) < 4.78 is 0. The Hall–Kier alpha value is -0.960. The maximum absolute atomic E-state index is 11.8. The summed E-state index contributed by atoms with van der Waals surface area (Å²) in [6.45, 7) is 6.53. The first-order valence-corrected chi connectivity index (χ1v) is 6.87. The van der Waals surface area contributed by atoms with E-state index >= 15 is 0 Å². The zero-order valence-electron chi connectivity index (χ0n) is 10.6. The lowest BCUT2D eigenvalue weighted by Gasteiger charge is -2.37. The third-order valence-electron chi connectivity index (χ3n) is 3.21. The standard InChI is InChI=1S/C14H19NOS/c1-14(2,3)12-9-11(17-13(16)15-12)10-7-5-4-6-8-10/h4-8,11-12H,9H2,1-3H3,(H,15,16)/t11-,12+/m1/s1. The Morgan fingerprint density at radius 2 is 1.88 bits per heavy atom. The Bertz CT molecular complexity index is 396. The number of amides is 1. The van der Waals surface area contributed by atoms with E-state index in [9.17, 15) is 4.79 Å². The number of carbonyl (C=O) groups is 1. The van der Waals surface area contributed by atoms with Crippen LogP contribution < -0.4 is 5.32 Å². The molecule has 1 aromatic rings. The van der Waals surface area contributed by atoms with Crippen LogP contribution in [0.1, 0.15) is 38.0 Å². The van der Waals surface area contributed by atoms with E-state index in [1.165, 1.54) is 17.3 Å². The minimum Gasteiger partial charge on any atom is -0.344 e. The van der Waals surface area contributed by atoms with Crippen LogP contribution in [-0.4, -0.2) is 11.3 Å². The average Bonchev–Trinajstić information content (AvgIpc) is 2.28. The van der Waals surface area contributed by atoms with Crippen molar-refractivity contribution in [3.05, 3.63) is 35.9 Å². The molecule has 1 aliphatic rings. The zero-order valence-corrected chi connectivity index (χ0v) is 11.4. The van der Waals surface area contributed by atoms with E-state index in [2.05, 4.69) is 38.2 Å². The molecular weight excluding hydrogens is 230 g/mol. The van der Waals surface area contributed by atoms with Gasteiger partial charge in [-0.05, 0) is 17.4 Å². The van der Waals surface area contributed by atoms with Gasteiger partial charge in [0.15, 0.2) is 0 Å². The second-order valence-electron chi connectivity index (χ2n) is 5.60. The average molecular weight is 249 g/mol. The first-order chi connectivity index (χ1) is 7.97. The van der Waals surface area contributed by atoms with Crippen molar-refractivity contribution in [2.24, 2.45) is 5.41 Å². The second kappa shape index (κ2) is 4.73. The highest BCUT2D eigenvalue weighted by Gasteiger charge is 2.34. The number of benzene rings is 1. The largest absolute Gasteiger partial charge is 0.344 e. The molecule has 1 heterocycles. The molecule has 17 heavy (non-hydrogen) atoms. The Morgan fingerprint density at radius 1 is 1.24 bits per heavy atom. The van der Waals surface area contributed by atoms with Gasteiger partial charge in [-0.25, -0.2) is 0 Å². The Labute approximate surface area is 107 Å². The van der Waals surface area contributed by atoms with Crippen molar-refractivity contribution in [1.82, 2.24) is 5.32 Å². The predicted octanol–water partition coefficient (Wildman–Crippen LogP) is 3.99. The van der Waals surface area contributed by atoms with Crippen LogP contribution in [0.3, 0.4) is 0 Å². The molecule has 2 atom stereocenters. The van der Waals surface area contributed by atoms with Crippen LogP contribution in [0.25, 0.3) is 0 Å². The number of carbonyl (C=O) groups excluding carboxylic acids is 1. The summed E-state index contributed by atoms with van der Waals surface area (Å²) in [6, 6.07) is 10.6. The normalized spacial score (nSPS) is 25.5. The van der Waals surface area contributed by atoms with Crippen molar-refractivity contribution in [3.8, 4) is 0 Å². The third kappa shape index (κ3) is 3.03. The molecule has 2 nitrogen and oxygen atoms in total. The summed E-state index contributed by atoms with van der Waals surface area (Å²) in [6.07, 6.45) is 1.00. The van der Waals surface area contributed by atoms with Gasteiger partial charge in [-0.3, -0.25) is 4.79 Å². The maximum Gasteiger partial charge on any atom is 0.279 e. The fourth-order valence-electron chi connectivity index (χ4n) is 2.07. The van der Waals surface area contributed by atoms with E-state index < -0.39 is 0 Å². The third-order valence-corrected chi connectivity index (χ3v) is 4.29. The number of thioether (sulfide) groups is 1. The Balaban J connectivity index is 2.17. The van der Waals surface area contributed by atoms with Crippen molar-refractivity contribution >= 4 is 17.0 Å². The minimum atomic E-state index is 0.102. The number of hydrogen-bond donors (Lipinski definition) is 1. The lowest BCUT2D eigenvalue weighted by atomic mass is 9.83. The lowest BCUT2D eigenvalue weighted by molar-refractivity contribution is 0.226. The number of rotatable bonds is 1. The summed E-state index contributed by atoms with van der Waals surface area (Å²) >= 11 is 1.41. The highest BCUT2D eigenvalue weighted by Crippen LogP contribution is 2.40. The number of nitrogens with one attached hydrogen (secondary N) is 1. The van der Waals surface area contributed by atoms with Gasteiger partial charge in [0.2, 0.25) is 0 Å². The minimum absolute atomic E-state index is 0.102. The second-order valence-corrected chi connectivity index (χ2v) is 6.78. The highest BCUT2D eigenvalue weighted by atomic mass is 32.2. The van der Waals surface area contributed by atoms with Gasteiger partial charge in [0.05, 0.1) is 0 Å². The predicted molar refractivity (Wildman–Crippen MR) is 73.2 cm³/mol. The molecule has 1 N–H and O–H groups in total. The quantitative estimate of drug-likeness (QED) is 0.815. The summed E-state index contributed by atoms with van der Waals surface area (Å²) in [5.74, 6) is 0. The van der Waals surface area contributed by atoms with Crippen molar-refractivity contribution in [3.63, 3.8) is 0 Å². The number of hydrogen-bond acceptors (Lipinski definition) is 2. The molecule has 0 aromatic heterocycles. The summed E-state index contributed by atoms with van der Waals surface area (Å²) in [4.78, 5) is 11.8. The molecule has 1 aliphatic heterocycles. The molecule has 0 radical (unpaired) electrons. The van der Waals surface area contributed by atoms with Crippen LogP contribution in [0, 0.1) is 5.41 Å². The molecule has 0 spiro atoms. The summed E-state index contributed by atoms with van der Waals surface area (Å²) in [7, 11) is 0. The van der Waals surface area contributed by atoms with Crippen molar-refractivity contribution in [2.45, 2.75) is 38.5 Å². The fourth-order valence-corrected chi connectivity index (χ4v) is 3.12. The van der Waals surface area contributed by atoms with Crippen LogP contribution in [0.5, 0.6) is 0 Å². The molecule has 0 aliphatic carbocycles. The van der Waals surface area contributed by atoms with Gasteiger partial charge in [0, 0.05) is 11.3 Å². The van der Waals surface area contributed by atoms with Crippen molar-refractivity contribution in [1.29, 1.82) is 0 Å². The van der Waals surface area contributed by atoms with Gasteiger partial charge in [0.1, 0.15) is 0 Å². The Kier molecular flexibility index (Phi) is 3.48. The molecule has 0 bridgehead atoms. The molecule has 0 unspecified atom stereocenters. The summed E-state index contributed by atoms with van der Waals surface area (Å²) in [5, 5.41) is 3.47. The summed E-state index contributed by atoms with van der Waals surface area (Å²) in [5.41, 5.74) is 1.37. The lowest BCUT2D eigenvalue weighted by Crippen LogP contribution is -2.46. The smallest absolute Gasteiger partial charge is 0.279 e. The van der Waals surface area contributed by atoms with Gasteiger partial charge in [0.25, 0.3) is 5.24 Å². The monoisotopic (exact) mass is 249 g/mol. The van der Waals surface area contributed by atoms with E-state index in [1.54, 1.807) is 0 Å². The molecule has 1 saturated heterocycles. The van der Waals surface area contributed by atoms with Crippen LogP contribution in [0.15, 0.2) is 30.3 Å². The van der Waals surface area contributed by atoms with Crippen LogP contribution in [0.2, 0.25) is 0 Å². The van der Waals surface area contributed by atoms with E-state index in [0.717, 1.165) is 6.42 Å². The van der Waals surface area contributed by atoms with E-state index in [0.29, 0.717) is 0 Å². The molecular formula is C14H19NOS. The van der Waals surface area contributed by atoms with Gasteiger partial charge >= 0.3 is 0 Å². The van der Waals surface area contributed by atoms with Crippen LogP contribution >= 0.6 is 11.8 Å². The van der Waals surface area contributed by atoms with Gasteiger partial charge < -0.3 is 5.32 Å². The topological polar surface area (TPSA) is 29.1 Å². The molecule has 92 valence electrons.